The highest BCUT2D eigenvalue weighted by Gasteiger charge is 2.23. The van der Waals surface area contributed by atoms with Crippen LogP contribution in [0.3, 0.4) is 0 Å². The van der Waals surface area contributed by atoms with Crippen molar-refractivity contribution < 1.29 is 10.0 Å². The fraction of sp³-hybridized carbons (Fsp3) is 0.333. The molecule has 0 saturated heterocycles. The third kappa shape index (κ3) is 3.28. The Labute approximate surface area is 134 Å². The third-order valence-electron chi connectivity index (χ3n) is 4.27. The van der Waals surface area contributed by atoms with Crippen molar-refractivity contribution in [2.45, 2.75) is 32.1 Å². The van der Waals surface area contributed by atoms with Crippen LogP contribution in [-0.2, 0) is 0 Å². The van der Waals surface area contributed by atoms with Crippen molar-refractivity contribution in [2.75, 3.05) is 0 Å². The summed E-state index contributed by atoms with van der Waals surface area (Å²) < 4.78 is 0. The molecule has 1 fully saturated rings. The minimum absolute atomic E-state index is 0.137. The summed E-state index contributed by atoms with van der Waals surface area (Å²) in [5, 5.41) is 14.5. The molecule has 22 heavy (non-hydrogen) atoms. The number of thiophene rings is 1. The summed E-state index contributed by atoms with van der Waals surface area (Å²) in [6.07, 6.45) is 5.29. The van der Waals surface area contributed by atoms with Gasteiger partial charge >= 0.3 is 0 Å². The van der Waals surface area contributed by atoms with Gasteiger partial charge in [0, 0.05) is 0 Å². The number of nitrogens with zero attached hydrogens (tertiary/aromatic N) is 1. The van der Waals surface area contributed by atoms with Crippen LogP contribution in [0.1, 0.15) is 41.8 Å². The highest BCUT2D eigenvalue weighted by molar-refractivity contribution is 7.13. The first-order chi connectivity index (χ1) is 10.8. The van der Waals surface area contributed by atoms with Crippen LogP contribution in [0.2, 0.25) is 0 Å². The number of ketones is 1. The first kappa shape index (κ1) is 15.0. The predicted octanol–water partition coefficient (Wildman–Crippen LogP) is 5.01. The largest absolute Gasteiger partial charge is 0.411 e. The number of Topliss-reactive ketones (excluding diaryl/α,β-unsaturated/α-hetero) is 1. The van der Waals surface area contributed by atoms with Gasteiger partial charge in [-0.15, -0.1) is 11.3 Å². The third-order valence-corrected chi connectivity index (χ3v) is 5.20. The predicted molar refractivity (Wildman–Crippen MR) is 89.9 cm³/mol. The standard InChI is InChI=1S/C18H19NO2S/c20-18(16(19-21)10-13-6-4-5-7-13)17-11-15(12-22-17)14-8-2-1-3-9-14/h1-3,8-9,11-13,21H,4-7,10H2. The van der Waals surface area contributed by atoms with Crippen LogP contribution in [0.25, 0.3) is 11.1 Å². The number of oxime groups is 1. The van der Waals surface area contributed by atoms with Crippen LogP contribution in [0.4, 0.5) is 0 Å². The zero-order valence-electron chi connectivity index (χ0n) is 12.4. The molecule has 0 spiro atoms. The Bertz CT molecular complexity index is 669. The zero-order valence-corrected chi connectivity index (χ0v) is 13.2. The van der Waals surface area contributed by atoms with E-state index in [1.165, 1.54) is 24.2 Å². The number of hydrogen-bond donors (Lipinski definition) is 1. The van der Waals surface area contributed by atoms with Crippen molar-refractivity contribution in [1.82, 2.24) is 0 Å². The van der Waals surface area contributed by atoms with Crippen LogP contribution < -0.4 is 0 Å². The Morgan fingerprint density at radius 1 is 1.18 bits per heavy atom. The molecule has 4 heteroatoms. The minimum atomic E-state index is -0.137. The molecule has 1 saturated carbocycles. The number of hydrogen-bond acceptors (Lipinski definition) is 4. The Hall–Kier alpha value is -1.94. The Morgan fingerprint density at radius 3 is 2.59 bits per heavy atom. The second kappa shape index (κ2) is 6.88. The molecule has 1 aromatic carbocycles. The second-order valence-corrected chi connectivity index (χ2v) is 6.71. The van der Waals surface area contributed by atoms with Gasteiger partial charge in [0.15, 0.2) is 0 Å². The van der Waals surface area contributed by atoms with Gasteiger partial charge in [0.2, 0.25) is 5.78 Å². The topological polar surface area (TPSA) is 49.7 Å². The normalized spacial score (nSPS) is 16.1. The number of benzene rings is 1. The van der Waals surface area contributed by atoms with E-state index in [1.807, 2.05) is 41.8 Å². The first-order valence-corrected chi connectivity index (χ1v) is 8.55. The van der Waals surface area contributed by atoms with Gasteiger partial charge < -0.3 is 5.21 Å². The van der Waals surface area contributed by atoms with Crippen LogP contribution >= 0.6 is 11.3 Å². The zero-order chi connectivity index (χ0) is 15.4. The Kier molecular flexibility index (Phi) is 4.68. The van der Waals surface area contributed by atoms with Crippen LogP contribution in [0, 0.1) is 5.92 Å². The Balaban J connectivity index is 1.75. The van der Waals surface area contributed by atoms with E-state index in [4.69, 9.17) is 0 Å². The van der Waals surface area contributed by atoms with E-state index in [-0.39, 0.29) is 5.78 Å². The summed E-state index contributed by atoms with van der Waals surface area (Å²) in [4.78, 5) is 13.2. The molecule has 0 aliphatic heterocycles. The molecule has 114 valence electrons. The summed E-state index contributed by atoms with van der Waals surface area (Å²) in [6, 6.07) is 11.9. The molecule has 3 rings (SSSR count). The van der Waals surface area contributed by atoms with Gasteiger partial charge in [-0.05, 0) is 34.9 Å². The number of carbonyl (C=O) groups is 1. The lowest BCUT2D eigenvalue weighted by molar-refractivity contribution is 0.106. The maximum Gasteiger partial charge on any atom is 0.220 e. The summed E-state index contributed by atoms with van der Waals surface area (Å²) in [7, 11) is 0. The lowest BCUT2D eigenvalue weighted by Gasteiger charge is -2.08. The fourth-order valence-corrected chi connectivity index (χ4v) is 3.92. The highest BCUT2D eigenvalue weighted by Crippen LogP contribution is 2.30. The van der Waals surface area contributed by atoms with Crippen LogP contribution in [0.5, 0.6) is 0 Å². The van der Waals surface area contributed by atoms with Crippen molar-refractivity contribution in [2.24, 2.45) is 11.1 Å². The molecule has 1 N–H and O–H groups in total. The average Bonchev–Trinajstić information content (AvgIpc) is 3.24. The number of carbonyl (C=O) groups excluding carboxylic acids is 1. The number of rotatable bonds is 5. The van der Waals surface area contributed by atoms with Crippen molar-refractivity contribution in [3.8, 4) is 11.1 Å². The molecular formula is C18H19NO2S. The average molecular weight is 313 g/mol. The van der Waals surface area contributed by atoms with Gasteiger partial charge in [0.1, 0.15) is 5.71 Å². The second-order valence-electron chi connectivity index (χ2n) is 5.80. The minimum Gasteiger partial charge on any atom is -0.411 e. The summed E-state index contributed by atoms with van der Waals surface area (Å²) in [6.45, 7) is 0. The van der Waals surface area contributed by atoms with Crippen molar-refractivity contribution >= 4 is 22.8 Å². The lowest BCUT2D eigenvalue weighted by Crippen LogP contribution is -2.16. The van der Waals surface area contributed by atoms with E-state index < -0.39 is 0 Å². The SMILES string of the molecule is O=C(C(CC1CCCC1)=NO)c1cc(-c2ccccc2)cs1. The molecule has 0 amide bonds. The summed E-state index contributed by atoms with van der Waals surface area (Å²) in [5.74, 6) is 0.352. The van der Waals surface area contributed by atoms with Crippen LogP contribution in [0.15, 0.2) is 46.9 Å². The maximum absolute atomic E-state index is 12.5. The molecule has 0 atom stereocenters. The van der Waals surface area contributed by atoms with Gasteiger partial charge in [0.25, 0.3) is 0 Å². The van der Waals surface area contributed by atoms with E-state index in [1.54, 1.807) is 0 Å². The van der Waals surface area contributed by atoms with E-state index in [0.717, 1.165) is 24.0 Å². The van der Waals surface area contributed by atoms with Gasteiger partial charge in [-0.3, -0.25) is 4.79 Å². The van der Waals surface area contributed by atoms with E-state index in [0.29, 0.717) is 22.9 Å². The molecule has 3 nitrogen and oxygen atoms in total. The molecule has 0 bridgehead atoms. The van der Waals surface area contributed by atoms with E-state index in [2.05, 4.69) is 5.16 Å². The molecule has 0 radical (unpaired) electrons. The lowest BCUT2D eigenvalue weighted by atomic mass is 9.97. The maximum atomic E-state index is 12.5. The monoisotopic (exact) mass is 313 g/mol. The van der Waals surface area contributed by atoms with E-state index >= 15 is 0 Å². The van der Waals surface area contributed by atoms with Gasteiger partial charge in [0.05, 0.1) is 4.88 Å². The molecule has 2 aromatic rings. The molecule has 1 aliphatic rings. The highest BCUT2D eigenvalue weighted by atomic mass is 32.1. The van der Waals surface area contributed by atoms with Gasteiger partial charge in [-0.1, -0.05) is 61.2 Å². The smallest absolute Gasteiger partial charge is 0.220 e. The summed E-state index contributed by atoms with van der Waals surface area (Å²) in [5.41, 5.74) is 2.43. The molecule has 1 aliphatic carbocycles. The van der Waals surface area contributed by atoms with Crippen LogP contribution in [-0.4, -0.2) is 16.7 Å². The van der Waals surface area contributed by atoms with Crippen molar-refractivity contribution in [1.29, 1.82) is 0 Å². The van der Waals surface area contributed by atoms with Gasteiger partial charge in [-0.2, -0.15) is 0 Å². The van der Waals surface area contributed by atoms with E-state index in [9.17, 15) is 10.0 Å². The quantitative estimate of drug-likeness (QED) is 0.365. The fourth-order valence-electron chi connectivity index (χ4n) is 3.05. The molecular weight excluding hydrogens is 294 g/mol. The molecule has 0 unspecified atom stereocenters. The van der Waals surface area contributed by atoms with Gasteiger partial charge in [-0.25, -0.2) is 0 Å². The van der Waals surface area contributed by atoms with Crippen molar-refractivity contribution in [3.63, 3.8) is 0 Å². The molecule has 1 heterocycles. The molecule has 1 aromatic heterocycles. The van der Waals surface area contributed by atoms with Crippen molar-refractivity contribution in [3.05, 3.63) is 46.7 Å². The Morgan fingerprint density at radius 2 is 1.91 bits per heavy atom. The summed E-state index contributed by atoms with van der Waals surface area (Å²) >= 11 is 1.41. The first-order valence-electron chi connectivity index (χ1n) is 7.67.